The van der Waals surface area contributed by atoms with Crippen LogP contribution in [0.3, 0.4) is 0 Å². The fraction of sp³-hybridized carbons (Fsp3) is 0.273. The molecule has 5 aromatic rings. The van der Waals surface area contributed by atoms with Crippen LogP contribution in [0.2, 0.25) is 0 Å². The molecule has 0 atom stereocenters. The molecule has 43 heavy (non-hydrogen) atoms. The number of fused-ring (bicyclic) bond motifs is 4. The van der Waals surface area contributed by atoms with Gasteiger partial charge in [-0.25, -0.2) is 4.98 Å². The Balaban J connectivity index is 0.000000364. The minimum Gasteiger partial charge on any atom is -0.507 e. The van der Waals surface area contributed by atoms with E-state index in [1.807, 2.05) is 85.9 Å². The Labute approximate surface area is 256 Å². The third-order valence-electron chi connectivity index (χ3n) is 7.01. The van der Waals surface area contributed by atoms with E-state index in [9.17, 15) is 9.90 Å². The number of nitrogens with one attached hydrogen (secondary N) is 1. The zero-order valence-corrected chi connectivity index (χ0v) is 25.9. The van der Waals surface area contributed by atoms with Crippen LogP contribution in [0.15, 0.2) is 78.0 Å². The average Bonchev–Trinajstić information content (AvgIpc) is 3.66. The summed E-state index contributed by atoms with van der Waals surface area (Å²) in [5, 5.41) is 21.3. The number of aliphatic hydroxyl groups is 1. The van der Waals surface area contributed by atoms with Gasteiger partial charge in [0.25, 0.3) is 5.91 Å². The molecular weight excluding hydrogens is 564 g/mol. The SMILES string of the molecule is CO.COc1cc2[nH]c(C(=O)N3CCc4c3cc(O)c3ccccc43)cc2cc1OCCN(C)C.CSc1ccccn1. The maximum absolute atomic E-state index is 13.5. The minimum absolute atomic E-state index is 0.131. The van der Waals surface area contributed by atoms with Crippen molar-refractivity contribution in [1.82, 2.24) is 14.9 Å². The number of aromatic hydroxyl groups is 1. The molecule has 0 bridgehead atoms. The van der Waals surface area contributed by atoms with Gasteiger partial charge in [-0.2, -0.15) is 0 Å². The zero-order chi connectivity index (χ0) is 30.9. The third-order valence-corrected chi connectivity index (χ3v) is 7.67. The molecule has 9 nitrogen and oxygen atoms in total. The molecule has 1 aliphatic rings. The van der Waals surface area contributed by atoms with Crippen molar-refractivity contribution in [2.45, 2.75) is 11.4 Å². The number of rotatable bonds is 7. The summed E-state index contributed by atoms with van der Waals surface area (Å²) in [4.78, 5) is 24.5. The molecule has 1 amide bonds. The van der Waals surface area contributed by atoms with Crippen LogP contribution in [-0.4, -0.2) is 85.3 Å². The van der Waals surface area contributed by atoms with Crippen LogP contribution in [0.1, 0.15) is 16.1 Å². The molecule has 0 spiro atoms. The van der Waals surface area contributed by atoms with Gasteiger partial charge in [-0.15, -0.1) is 11.8 Å². The van der Waals surface area contributed by atoms with Crippen LogP contribution in [-0.2, 0) is 6.42 Å². The number of hydrogen-bond acceptors (Lipinski definition) is 8. The quantitative estimate of drug-likeness (QED) is 0.207. The molecule has 0 aliphatic carbocycles. The average molecular weight is 603 g/mol. The number of ether oxygens (including phenoxy) is 2. The lowest BCUT2D eigenvalue weighted by Crippen LogP contribution is -2.29. The summed E-state index contributed by atoms with van der Waals surface area (Å²) in [6, 6.07) is 20.9. The van der Waals surface area contributed by atoms with Crippen LogP contribution in [0.4, 0.5) is 5.69 Å². The van der Waals surface area contributed by atoms with Gasteiger partial charge in [0.2, 0.25) is 0 Å². The second kappa shape index (κ2) is 14.8. The second-order valence-electron chi connectivity index (χ2n) is 9.94. The van der Waals surface area contributed by atoms with Gasteiger partial charge in [-0.3, -0.25) is 4.79 Å². The number of carbonyl (C=O) groups is 1. The number of aromatic nitrogens is 2. The highest BCUT2D eigenvalue weighted by Crippen LogP contribution is 2.40. The summed E-state index contributed by atoms with van der Waals surface area (Å²) in [6.07, 6.45) is 4.56. The van der Waals surface area contributed by atoms with Crippen molar-refractivity contribution >= 4 is 45.0 Å². The molecule has 3 N–H and O–H groups in total. The predicted molar refractivity (Wildman–Crippen MR) is 174 cm³/mol. The van der Waals surface area contributed by atoms with Gasteiger partial charge in [0.05, 0.1) is 17.8 Å². The molecule has 0 saturated heterocycles. The van der Waals surface area contributed by atoms with Crippen molar-refractivity contribution in [3.63, 3.8) is 0 Å². The molecule has 10 heteroatoms. The number of carbonyl (C=O) groups excluding carboxylic acids is 1. The smallest absolute Gasteiger partial charge is 0.274 e. The van der Waals surface area contributed by atoms with Crippen molar-refractivity contribution in [3.8, 4) is 17.2 Å². The number of amides is 1. The van der Waals surface area contributed by atoms with Crippen LogP contribution < -0.4 is 14.4 Å². The van der Waals surface area contributed by atoms with Gasteiger partial charge >= 0.3 is 0 Å². The standard InChI is InChI=1S/C26H27N3O4.C6H7NS.CH4O/c1-28(2)10-11-33-25-13-16-12-21(27-20(16)14-24(25)32-3)26(31)29-9-8-18-17-6-4-5-7-19(17)23(30)15-22(18)29;1-8-6-4-2-3-5-7-6;1-2/h4-7,12-15,27,30H,8-11H2,1-3H3;2-5H,1H3;2H,1H3. The van der Waals surface area contributed by atoms with E-state index in [0.717, 1.165) is 58.0 Å². The lowest BCUT2D eigenvalue weighted by atomic mass is 10.0. The van der Waals surface area contributed by atoms with E-state index in [-0.39, 0.29) is 11.7 Å². The first-order valence-corrected chi connectivity index (χ1v) is 15.1. The number of thioether (sulfide) groups is 1. The Morgan fingerprint density at radius 3 is 2.44 bits per heavy atom. The number of nitrogens with zero attached hydrogens (tertiary/aromatic N) is 3. The number of benzene rings is 3. The van der Waals surface area contributed by atoms with Crippen molar-refractivity contribution in [2.75, 3.05) is 59.2 Å². The van der Waals surface area contributed by atoms with Crippen molar-refractivity contribution in [2.24, 2.45) is 0 Å². The monoisotopic (exact) mass is 602 g/mol. The maximum atomic E-state index is 13.5. The zero-order valence-electron chi connectivity index (χ0n) is 25.1. The predicted octanol–water partition coefficient (Wildman–Crippen LogP) is 5.59. The Kier molecular flexibility index (Phi) is 10.9. The number of phenols is 1. The first-order chi connectivity index (χ1) is 20.9. The van der Waals surface area contributed by atoms with Crippen molar-refractivity contribution in [1.29, 1.82) is 0 Å². The lowest BCUT2D eigenvalue weighted by Gasteiger charge is -2.17. The molecule has 3 aromatic carbocycles. The Morgan fingerprint density at radius 1 is 1.05 bits per heavy atom. The number of likely N-dealkylation sites (N-methyl/N-ethyl adjacent to an activating group) is 1. The number of methoxy groups -OCH3 is 1. The first kappa shape index (κ1) is 31.7. The topological polar surface area (TPSA) is 111 Å². The molecule has 226 valence electrons. The molecule has 0 fully saturated rings. The van der Waals surface area contributed by atoms with E-state index in [4.69, 9.17) is 14.6 Å². The van der Waals surface area contributed by atoms with Gasteiger partial charge in [-0.05, 0) is 62.0 Å². The van der Waals surface area contributed by atoms with Crippen LogP contribution in [0.25, 0.3) is 21.7 Å². The molecule has 1 aliphatic heterocycles. The molecule has 0 unspecified atom stereocenters. The molecule has 0 saturated carbocycles. The first-order valence-electron chi connectivity index (χ1n) is 13.8. The summed E-state index contributed by atoms with van der Waals surface area (Å²) in [7, 11) is 6.59. The van der Waals surface area contributed by atoms with Gasteiger partial charge in [-0.1, -0.05) is 30.3 Å². The molecule has 6 rings (SSSR count). The lowest BCUT2D eigenvalue weighted by molar-refractivity contribution is 0.0985. The van der Waals surface area contributed by atoms with E-state index >= 15 is 0 Å². The van der Waals surface area contributed by atoms with Crippen LogP contribution >= 0.6 is 11.8 Å². The van der Waals surface area contributed by atoms with Crippen LogP contribution in [0, 0.1) is 0 Å². The Bertz CT molecular complexity index is 1670. The van der Waals surface area contributed by atoms with E-state index < -0.39 is 0 Å². The van der Waals surface area contributed by atoms with E-state index in [1.54, 1.807) is 36.0 Å². The molecule has 2 aromatic heterocycles. The fourth-order valence-corrected chi connectivity index (χ4v) is 5.32. The Morgan fingerprint density at radius 2 is 1.79 bits per heavy atom. The summed E-state index contributed by atoms with van der Waals surface area (Å²) >= 11 is 1.66. The maximum Gasteiger partial charge on any atom is 0.274 e. The van der Waals surface area contributed by atoms with Crippen LogP contribution in [0.5, 0.6) is 17.2 Å². The highest BCUT2D eigenvalue weighted by Gasteiger charge is 2.29. The summed E-state index contributed by atoms with van der Waals surface area (Å²) in [5.74, 6) is 1.32. The van der Waals surface area contributed by atoms with Crippen molar-refractivity contribution < 1.29 is 24.5 Å². The van der Waals surface area contributed by atoms with Gasteiger partial charge in [0.1, 0.15) is 18.1 Å². The number of hydrogen-bond donors (Lipinski definition) is 3. The van der Waals surface area contributed by atoms with Gasteiger partial charge in [0, 0.05) is 54.8 Å². The highest BCUT2D eigenvalue weighted by molar-refractivity contribution is 7.98. The molecule has 3 heterocycles. The number of aliphatic hydroxyl groups excluding tert-OH is 1. The van der Waals surface area contributed by atoms with E-state index in [1.165, 1.54) is 0 Å². The van der Waals surface area contributed by atoms with Gasteiger partial charge in [0.15, 0.2) is 11.5 Å². The molecule has 0 radical (unpaired) electrons. The fourth-order valence-electron chi connectivity index (χ4n) is 4.94. The number of phenolic OH excluding ortho intramolecular Hbond substituents is 1. The van der Waals surface area contributed by atoms with E-state index in [0.29, 0.717) is 30.3 Å². The highest BCUT2D eigenvalue weighted by atomic mass is 32.2. The number of H-pyrrole nitrogens is 1. The number of anilines is 1. The molecular formula is C33H38N4O5S. The largest absolute Gasteiger partial charge is 0.507 e. The number of aromatic amines is 1. The summed E-state index contributed by atoms with van der Waals surface area (Å²) in [5.41, 5.74) is 3.14. The Hall–Kier alpha value is -4.25. The minimum atomic E-state index is -0.131. The van der Waals surface area contributed by atoms with E-state index in [2.05, 4.69) is 9.97 Å². The second-order valence-corrected chi connectivity index (χ2v) is 10.8. The summed E-state index contributed by atoms with van der Waals surface area (Å²) < 4.78 is 11.4. The summed E-state index contributed by atoms with van der Waals surface area (Å²) in [6.45, 7) is 1.89. The van der Waals surface area contributed by atoms with Gasteiger partial charge < -0.3 is 34.5 Å². The van der Waals surface area contributed by atoms with Crippen molar-refractivity contribution in [3.05, 3.63) is 84.2 Å². The third kappa shape index (κ3) is 7.22. The number of pyridine rings is 1. The normalized spacial score (nSPS) is 11.9.